The van der Waals surface area contributed by atoms with Crippen LogP contribution in [0.5, 0.6) is 0 Å². The van der Waals surface area contributed by atoms with Crippen LogP contribution in [0.3, 0.4) is 0 Å². The van der Waals surface area contributed by atoms with Crippen LogP contribution in [0.15, 0.2) is 54.6 Å². The highest BCUT2D eigenvalue weighted by Gasteiger charge is 2.27. The lowest BCUT2D eigenvalue weighted by molar-refractivity contribution is -0.114. The first-order valence-electron chi connectivity index (χ1n) is 9.01. The number of nitrogens with one attached hydrogen (secondary N) is 2. The molecule has 5 nitrogen and oxygen atoms in total. The first kappa shape index (κ1) is 18.0. The molecule has 2 aromatic carbocycles. The van der Waals surface area contributed by atoms with Crippen LogP contribution in [0.4, 0.5) is 10.5 Å². The van der Waals surface area contributed by atoms with Crippen molar-refractivity contribution >= 4 is 17.6 Å². The third kappa shape index (κ3) is 4.42. The van der Waals surface area contributed by atoms with E-state index in [0.717, 1.165) is 30.8 Å². The molecule has 0 aromatic heterocycles. The quantitative estimate of drug-likeness (QED) is 0.877. The molecule has 5 heteroatoms. The Balaban J connectivity index is 1.59. The Morgan fingerprint density at radius 1 is 1.12 bits per heavy atom. The number of hydrogen-bond donors (Lipinski definition) is 2. The maximum absolute atomic E-state index is 12.6. The van der Waals surface area contributed by atoms with Crippen molar-refractivity contribution in [2.45, 2.75) is 32.2 Å². The zero-order chi connectivity index (χ0) is 18.5. The van der Waals surface area contributed by atoms with E-state index in [9.17, 15) is 9.59 Å². The average molecular weight is 351 g/mol. The van der Waals surface area contributed by atoms with Crippen molar-refractivity contribution in [3.63, 3.8) is 0 Å². The Bertz CT molecular complexity index is 776. The molecule has 136 valence electrons. The molecule has 2 N–H and O–H groups in total. The molecule has 0 bridgehead atoms. The van der Waals surface area contributed by atoms with Gasteiger partial charge in [-0.25, -0.2) is 4.79 Å². The number of hydrogen-bond acceptors (Lipinski definition) is 2. The van der Waals surface area contributed by atoms with Gasteiger partial charge >= 0.3 is 6.03 Å². The summed E-state index contributed by atoms with van der Waals surface area (Å²) in [5, 5.41) is 5.84. The summed E-state index contributed by atoms with van der Waals surface area (Å²) in [5.41, 5.74) is 2.99. The third-order valence-electron chi connectivity index (χ3n) is 4.79. The second-order valence-electron chi connectivity index (χ2n) is 6.82. The minimum atomic E-state index is -0.132. The standard InChI is InChI=1S/C21H25N3O2/c1-15(18-9-6-10-20(13-18)23-16(2)25)22-21(26)24-12-11-19(14-24)17-7-4-3-5-8-17/h3-10,13,15,19H,11-12,14H2,1-2H3,(H,22,26)(H,23,25)/t15-,19-/m0/s1. The van der Waals surface area contributed by atoms with Gasteiger partial charge in [0.2, 0.25) is 5.91 Å². The number of anilines is 1. The SMILES string of the molecule is CC(=O)Nc1cccc([C@H](C)NC(=O)N2CC[C@H](c3ccccc3)C2)c1. The van der Waals surface area contributed by atoms with Gasteiger partial charge in [0.1, 0.15) is 0 Å². The zero-order valence-electron chi connectivity index (χ0n) is 15.2. The van der Waals surface area contributed by atoms with Crippen molar-refractivity contribution in [2.24, 2.45) is 0 Å². The van der Waals surface area contributed by atoms with Crippen LogP contribution in [0.1, 0.15) is 43.4 Å². The van der Waals surface area contributed by atoms with Gasteiger partial charge in [-0.2, -0.15) is 0 Å². The average Bonchev–Trinajstić information content (AvgIpc) is 3.12. The van der Waals surface area contributed by atoms with Crippen LogP contribution >= 0.6 is 0 Å². The molecular weight excluding hydrogens is 326 g/mol. The van der Waals surface area contributed by atoms with Crippen molar-refractivity contribution < 1.29 is 9.59 Å². The molecule has 0 aliphatic carbocycles. The number of carbonyl (C=O) groups is 2. The Morgan fingerprint density at radius 2 is 1.88 bits per heavy atom. The van der Waals surface area contributed by atoms with E-state index in [2.05, 4.69) is 22.8 Å². The number of rotatable bonds is 4. The van der Waals surface area contributed by atoms with E-state index >= 15 is 0 Å². The monoisotopic (exact) mass is 351 g/mol. The van der Waals surface area contributed by atoms with Gasteiger partial charge in [-0.05, 0) is 36.6 Å². The molecule has 1 fully saturated rings. The van der Waals surface area contributed by atoms with E-state index in [1.807, 2.05) is 54.3 Å². The third-order valence-corrected chi connectivity index (χ3v) is 4.79. The predicted molar refractivity (Wildman–Crippen MR) is 103 cm³/mol. The molecule has 2 atom stereocenters. The number of benzene rings is 2. The highest BCUT2D eigenvalue weighted by atomic mass is 16.2. The molecule has 1 aliphatic heterocycles. The number of carbonyl (C=O) groups excluding carboxylic acids is 2. The number of likely N-dealkylation sites (tertiary alicyclic amines) is 1. The fourth-order valence-electron chi connectivity index (χ4n) is 3.39. The fraction of sp³-hybridized carbons (Fsp3) is 0.333. The van der Waals surface area contributed by atoms with Gasteiger partial charge in [-0.15, -0.1) is 0 Å². The number of amides is 3. The Hall–Kier alpha value is -2.82. The van der Waals surface area contributed by atoms with Gasteiger partial charge in [0, 0.05) is 31.6 Å². The molecule has 1 heterocycles. The fourth-order valence-corrected chi connectivity index (χ4v) is 3.39. The molecule has 0 spiro atoms. The molecule has 1 aliphatic rings. The molecule has 3 amide bonds. The number of nitrogens with zero attached hydrogens (tertiary/aromatic N) is 1. The topological polar surface area (TPSA) is 61.4 Å². The Labute approximate surface area is 154 Å². The molecule has 1 saturated heterocycles. The summed E-state index contributed by atoms with van der Waals surface area (Å²) in [5.74, 6) is 0.295. The Kier molecular flexibility index (Phi) is 5.56. The van der Waals surface area contributed by atoms with Crippen molar-refractivity contribution in [3.05, 3.63) is 65.7 Å². The lowest BCUT2D eigenvalue weighted by Crippen LogP contribution is -2.39. The predicted octanol–water partition coefficient (Wildman–Crippen LogP) is 3.91. The summed E-state index contributed by atoms with van der Waals surface area (Å²) in [6, 6.07) is 17.7. The van der Waals surface area contributed by atoms with Crippen LogP contribution < -0.4 is 10.6 Å². The van der Waals surface area contributed by atoms with Gasteiger partial charge in [0.25, 0.3) is 0 Å². The summed E-state index contributed by atoms with van der Waals surface area (Å²) in [6.45, 7) is 4.95. The van der Waals surface area contributed by atoms with Gasteiger partial charge in [0.15, 0.2) is 0 Å². The van der Waals surface area contributed by atoms with Crippen LogP contribution in [0, 0.1) is 0 Å². The van der Waals surface area contributed by atoms with E-state index < -0.39 is 0 Å². The van der Waals surface area contributed by atoms with E-state index in [1.165, 1.54) is 12.5 Å². The van der Waals surface area contributed by atoms with E-state index in [4.69, 9.17) is 0 Å². The number of urea groups is 1. The van der Waals surface area contributed by atoms with E-state index in [0.29, 0.717) is 5.92 Å². The van der Waals surface area contributed by atoms with Crippen molar-refractivity contribution in [1.29, 1.82) is 0 Å². The first-order valence-corrected chi connectivity index (χ1v) is 9.01. The van der Waals surface area contributed by atoms with Crippen molar-refractivity contribution in [2.75, 3.05) is 18.4 Å². The molecule has 2 aromatic rings. The maximum atomic E-state index is 12.6. The second kappa shape index (κ2) is 8.04. The summed E-state index contributed by atoms with van der Waals surface area (Å²) in [7, 11) is 0. The van der Waals surface area contributed by atoms with Crippen molar-refractivity contribution in [3.8, 4) is 0 Å². The minimum Gasteiger partial charge on any atom is -0.331 e. The maximum Gasteiger partial charge on any atom is 0.317 e. The molecule has 0 unspecified atom stereocenters. The van der Waals surface area contributed by atoms with Crippen LogP contribution in [0.25, 0.3) is 0 Å². The zero-order valence-corrected chi connectivity index (χ0v) is 15.2. The summed E-state index contributed by atoms with van der Waals surface area (Å²) in [6.07, 6.45) is 0.990. The van der Waals surface area contributed by atoms with Gasteiger partial charge in [0.05, 0.1) is 6.04 Å². The molecule has 0 saturated carbocycles. The lowest BCUT2D eigenvalue weighted by Gasteiger charge is -2.22. The van der Waals surface area contributed by atoms with Gasteiger partial charge < -0.3 is 15.5 Å². The van der Waals surface area contributed by atoms with Crippen LogP contribution in [-0.2, 0) is 4.79 Å². The molecule has 26 heavy (non-hydrogen) atoms. The van der Waals surface area contributed by atoms with Gasteiger partial charge in [-0.1, -0.05) is 42.5 Å². The molecular formula is C21H25N3O2. The lowest BCUT2D eigenvalue weighted by atomic mass is 9.99. The first-order chi connectivity index (χ1) is 12.5. The molecule has 3 rings (SSSR count). The van der Waals surface area contributed by atoms with Crippen molar-refractivity contribution in [1.82, 2.24) is 10.2 Å². The summed E-state index contributed by atoms with van der Waals surface area (Å²) in [4.78, 5) is 25.7. The Morgan fingerprint density at radius 3 is 2.62 bits per heavy atom. The normalized spacial score (nSPS) is 17.6. The highest BCUT2D eigenvalue weighted by Crippen LogP contribution is 2.27. The van der Waals surface area contributed by atoms with E-state index in [-0.39, 0.29) is 18.0 Å². The summed E-state index contributed by atoms with van der Waals surface area (Å²) >= 11 is 0. The van der Waals surface area contributed by atoms with E-state index in [1.54, 1.807) is 0 Å². The smallest absolute Gasteiger partial charge is 0.317 e. The van der Waals surface area contributed by atoms with Gasteiger partial charge in [-0.3, -0.25) is 4.79 Å². The minimum absolute atomic E-state index is 0.0409. The summed E-state index contributed by atoms with van der Waals surface area (Å²) < 4.78 is 0. The van der Waals surface area contributed by atoms with Crippen LogP contribution in [0.2, 0.25) is 0 Å². The highest BCUT2D eigenvalue weighted by molar-refractivity contribution is 5.88. The largest absolute Gasteiger partial charge is 0.331 e. The second-order valence-corrected chi connectivity index (χ2v) is 6.82. The molecule has 0 radical (unpaired) electrons. The van der Waals surface area contributed by atoms with Crippen LogP contribution in [-0.4, -0.2) is 29.9 Å².